The summed E-state index contributed by atoms with van der Waals surface area (Å²) in [4.78, 5) is 10.9. The van der Waals surface area contributed by atoms with Gasteiger partial charge in [-0.05, 0) is 17.1 Å². The van der Waals surface area contributed by atoms with Crippen LogP contribution < -0.4 is 0 Å². The van der Waals surface area contributed by atoms with Crippen molar-refractivity contribution in [3.63, 3.8) is 0 Å². The predicted molar refractivity (Wildman–Crippen MR) is 52.1 cm³/mol. The Labute approximate surface area is 82.0 Å². The van der Waals surface area contributed by atoms with E-state index >= 15 is 0 Å². The fourth-order valence-electron chi connectivity index (χ4n) is 0.631. The van der Waals surface area contributed by atoms with Crippen LogP contribution in [0.25, 0.3) is 0 Å². The molecule has 0 N–H and O–H groups in total. The van der Waals surface area contributed by atoms with Gasteiger partial charge in [0.15, 0.2) is 0 Å². The maximum Gasteiger partial charge on any atom is 0.420 e. The second kappa shape index (κ2) is 7.55. The minimum Gasteiger partial charge on any atom is -0.449 e. The Balaban J connectivity index is 3.31. The fraction of sp³-hybridized carbons (Fsp3) is 0.857. The van der Waals surface area contributed by atoms with Gasteiger partial charge in [-0.1, -0.05) is 19.8 Å². The van der Waals surface area contributed by atoms with E-state index in [0.29, 0.717) is 6.61 Å². The lowest BCUT2D eigenvalue weighted by Crippen LogP contribution is -2.19. The molecule has 0 unspecified atom stereocenters. The minimum atomic E-state index is -0.383. The van der Waals surface area contributed by atoms with Crippen LogP contribution in [0.5, 0.6) is 0 Å². The lowest BCUT2D eigenvalue weighted by Gasteiger charge is -2.11. The molecule has 0 saturated heterocycles. The number of halogens is 1. The maximum absolute atomic E-state index is 10.9. The van der Waals surface area contributed by atoms with E-state index in [1.54, 1.807) is 7.05 Å². The zero-order valence-electron chi connectivity index (χ0n) is 7.38. The molecule has 0 aliphatic carbocycles. The SMILES string of the molecule is CCCCCOC(=O)N(C)SCl. The summed E-state index contributed by atoms with van der Waals surface area (Å²) < 4.78 is 6.12. The summed E-state index contributed by atoms with van der Waals surface area (Å²) in [5.41, 5.74) is 0. The predicted octanol–water partition coefficient (Wildman–Crippen LogP) is 3.05. The molecule has 72 valence electrons. The highest BCUT2D eigenvalue weighted by Gasteiger charge is 2.08. The third-order valence-corrected chi connectivity index (χ3v) is 2.31. The van der Waals surface area contributed by atoms with Crippen LogP contribution in [0.15, 0.2) is 0 Å². The first-order valence-corrected chi connectivity index (χ1v) is 5.51. The highest BCUT2D eigenvalue weighted by molar-refractivity contribution is 8.19. The van der Waals surface area contributed by atoms with E-state index in [1.165, 1.54) is 4.31 Å². The van der Waals surface area contributed by atoms with Crippen molar-refractivity contribution >= 4 is 27.9 Å². The van der Waals surface area contributed by atoms with E-state index in [-0.39, 0.29) is 6.09 Å². The second-order valence-corrected chi connectivity index (χ2v) is 3.49. The van der Waals surface area contributed by atoms with E-state index in [2.05, 4.69) is 6.92 Å². The molecule has 0 aliphatic rings. The van der Waals surface area contributed by atoms with Crippen molar-refractivity contribution in [1.29, 1.82) is 0 Å². The van der Waals surface area contributed by atoms with Gasteiger partial charge in [-0.15, -0.1) is 0 Å². The van der Waals surface area contributed by atoms with Crippen LogP contribution in [0.1, 0.15) is 26.2 Å². The molecule has 5 heteroatoms. The number of nitrogens with zero attached hydrogens (tertiary/aromatic N) is 1. The number of unbranched alkanes of at least 4 members (excludes halogenated alkanes) is 2. The van der Waals surface area contributed by atoms with E-state index in [1.807, 2.05) is 0 Å². The van der Waals surface area contributed by atoms with E-state index in [4.69, 9.17) is 15.4 Å². The van der Waals surface area contributed by atoms with Crippen LogP contribution in [-0.2, 0) is 4.74 Å². The van der Waals surface area contributed by atoms with Crippen LogP contribution in [0, 0.1) is 0 Å². The summed E-state index contributed by atoms with van der Waals surface area (Å²) in [6.07, 6.45) is 2.75. The molecule has 0 bridgehead atoms. The summed E-state index contributed by atoms with van der Waals surface area (Å²) in [5.74, 6) is 0. The normalized spacial score (nSPS) is 9.58. The van der Waals surface area contributed by atoms with Gasteiger partial charge in [0.1, 0.15) is 0 Å². The number of carbonyl (C=O) groups excluding carboxylic acids is 1. The van der Waals surface area contributed by atoms with Crippen molar-refractivity contribution in [2.75, 3.05) is 13.7 Å². The van der Waals surface area contributed by atoms with Crippen molar-refractivity contribution in [2.45, 2.75) is 26.2 Å². The van der Waals surface area contributed by atoms with Gasteiger partial charge in [-0.25, -0.2) is 9.10 Å². The molecule has 0 aromatic carbocycles. The lowest BCUT2D eigenvalue weighted by molar-refractivity contribution is 0.131. The van der Waals surface area contributed by atoms with Gasteiger partial charge >= 0.3 is 6.09 Å². The Morgan fingerprint density at radius 3 is 2.75 bits per heavy atom. The largest absolute Gasteiger partial charge is 0.449 e. The monoisotopic (exact) mass is 211 g/mol. The Bertz CT molecular complexity index is 135. The molecular formula is C7H14ClNO2S. The summed E-state index contributed by atoms with van der Waals surface area (Å²) in [5, 5.41) is 0. The van der Waals surface area contributed by atoms with Gasteiger partial charge in [-0.2, -0.15) is 0 Å². The third-order valence-electron chi connectivity index (χ3n) is 1.33. The standard InChI is InChI=1S/C7H14ClNO2S/c1-3-4-5-6-11-7(10)9(2)12-8/h3-6H2,1-2H3. The van der Waals surface area contributed by atoms with Crippen LogP contribution in [0.3, 0.4) is 0 Å². The topological polar surface area (TPSA) is 29.5 Å². The molecule has 0 rings (SSSR count). The van der Waals surface area contributed by atoms with Crippen LogP contribution in [0.2, 0.25) is 0 Å². The number of ether oxygens (including phenoxy) is 1. The van der Waals surface area contributed by atoms with E-state index < -0.39 is 0 Å². The lowest BCUT2D eigenvalue weighted by atomic mass is 10.3. The van der Waals surface area contributed by atoms with Crippen LogP contribution in [0.4, 0.5) is 4.79 Å². The number of rotatable bonds is 5. The smallest absolute Gasteiger partial charge is 0.420 e. The summed E-state index contributed by atoms with van der Waals surface area (Å²) >= 11 is 0.828. The molecule has 12 heavy (non-hydrogen) atoms. The Morgan fingerprint density at radius 1 is 1.58 bits per heavy atom. The van der Waals surface area contributed by atoms with Crippen molar-refractivity contribution in [2.24, 2.45) is 0 Å². The average molecular weight is 212 g/mol. The maximum atomic E-state index is 10.9. The van der Waals surface area contributed by atoms with Gasteiger partial charge in [0.2, 0.25) is 0 Å². The average Bonchev–Trinajstić information content (AvgIpc) is 2.10. The summed E-state index contributed by atoms with van der Waals surface area (Å²) in [6, 6.07) is 0. The van der Waals surface area contributed by atoms with E-state index in [9.17, 15) is 4.79 Å². The molecule has 0 aromatic rings. The van der Waals surface area contributed by atoms with Gasteiger partial charge in [0, 0.05) is 7.05 Å². The van der Waals surface area contributed by atoms with E-state index in [0.717, 1.165) is 30.4 Å². The molecule has 0 atom stereocenters. The van der Waals surface area contributed by atoms with Gasteiger partial charge < -0.3 is 4.74 Å². The Kier molecular flexibility index (Phi) is 7.50. The summed E-state index contributed by atoms with van der Waals surface area (Å²) in [6.45, 7) is 2.58. The zero-order valence-corrected chi connectivity index (χ0v) is 8.95. The zero-order chi connectivity index (χ0) is 9.40. The highest BCUT2D eigenvalue weighted by Crippen LogP contribution is 2.12. The van der Waals surface area contributed by atoms with Gasteiger partial charge in [-0.3, -0.25) is 0 Å². The molecule has 0 saturated carbocycles. The third kappa shape index (κ3) is 5.55. The quantitative estimate of drug-likeness (QED) is 0.517. The molecule has 0 aliphatic heterocycles. The molecule has 0 spiro atoms. The van der Waals surface area contributed by atoms with Gasteiger partial charge in [0.25, 0.3) is 0 Å². The van der Waals surface area contributed by atoms with Crippen molar-refractivity contribution in [3.05, 3.63) is 0 Å². The number of amides is 1. The number of carbonyl (C=O) groups is 1. The van der Waals surface area contributed by atoms with Gasteiger partial charge in [0.05, 0.1) is 17.8 Å². The molecule has 0 fully saturated rings. The number of hydrogen-bond acceptors (Lipinski definition) is 3. The number of hydrogen-bond donors (Lipinski definition) is 0. The second-order valence-electron chi connectivity index (χ2n) is 2.39. The molecule has 3 nitrogen and oxygen atoms in total. The van der Waals surface area contributed by atoms with Crippen molar-refractivity contribution < 1.29 is 9.53 Å². The molecule has 0 radical (unpaired) electrons. The molecular weight excluding hydrogens is 198 g/mol. The summed E-state index contributed by atoms with van der Waals surface area (Å²) in [7, 11) is 6.90. The first-order valence-electron chi connectivity index (χ1n) is 3.91. The highest BCUT2D eigenvalue weighted by atomic mass is 35.7. The first-order chi connectivity index (χ1) is 5.72. The molecule has 0 heterocycles. The Hall–Kier alpha value is -0.0900. The Morgan fingerprint density at radius 2 is 2.25 bits per heavy atom. The van der Waals surface area contributed by atoms with Crippen molar-refractivity contribution in [3.8, 4) is 0 Å². The molecule has 1 amide bonds. The fourth-order valence-corrected chi connectivity index (χ4v) is 0.909. The van der Waals surface area contributed by atoms with Crippen LogP contribution >= 0.6 is 21.8 Å². The van der Waals surface area contributed by atoms with Crippen LogP contribution in [-0.4, -0.2) is 24.1 Å². The minimum absolute atomic E-state index is 0.383. The first kappa shape index (κ1) is 11.9. The van der Waals surface area contributed by atoms with Crippen molar-refractivity contribution in [1.82, 2.24) is 4.31 Å². The molecule has 0 aromatic heterocycles.